The molecule has 0 bridgehead atoms. The second-order valence-electron chi connectivity index (χ2n) is 6.25. The standard InChI is InChI=1S/C18H24N4O2S/c1-4-19-17-14-7-5-6-8-15(14)20-18(21-17)25-11-16(23)22-9-12(2)24-13(3)10-22/h5-8,12-13H,4,9-11H2,1-3H3,(H,19,20,21)/t12-,13-/m1/s1. The summed E-state index contributed by atoms with van der Waals surface area (Å²) in [5, 5.41) is 4.90. The van der Waals surface area contributed by atoms with Crippen molar-refractivity contribution >= 4 is 34.4 Å². The van der Waals surface area contributed by atoms with Gasteiger partial charge in [-0.1, -0.05) is 23.9 Å². The average Bonchev–Trinajstić information content (AvgIpc) is 2.59. The minimum atomic E-state index is 0.0787. The quantitative estimate of drug-likeness (QED) is 0.653. The Morgan fingerprint density at radius 2 is 2.00 bits per heavy atom. The van der Waals surface area contributed by atoms with E-state index in [0.29, 0.717) is 24.0 Å². The predicted octanol–water partition coefficient (Wildman–Crippen LogP) is 2.79. The summed E-state index contributed by atoms with van der Waals surface area (Å²) in [5.41, 5.74) is 0.886. The highest BCUT2D eigenvalue weighted by atomic mass is 32.2. The molecular formula is C18H24N4O2S. The first-order valence-electron chi connectivity index (χ1n) is 8.63. The van der Waals surface area contributed by atoms with E-state index in [-0.39, 0.29) is 18.1 Å². The van der Waals surface area contributed by atoms with Crippen LogP contribution < -0.4 is 5.32 Å². The van der Waals surface area contributed by atoms with Gasteiger partial charge in [0.05, 0.1) is 23.5 Å². The van der Waals surface area contributed by atoms with E-state index in [9.17, 15) is 4.79 Å². The summed E-state index contributed by atoms with van der Waals surface area (Å²) in [6.45, 7) is 8.11. The number of aromatic nitrogens is 2. The molecule has 2 heterocycles. The van der Waals surface area contributed by atoms with Gasteiger partial charge in [0.2, 0.25) is 5.91 Å². The summed E-state index contributed by atoms with van der Waals surface area (Å²) < 4.78 is 5.69. The molecule has 0 aliphatic carbocycles. The second-order valence-corrected chi connectivity index (χ2v) is 7.19. The zero-order valence-electron chi connectivity index (χ0n) is 14.9. The number of ether oxygens (including phenoxy) is 1. The number of hydrogen-bond acceptors (Lipinski definition) is 6. The van der Waals surface area contributed by atoms with Crippen LogP contribution in [0.4, 0.5) is 5.82 Å². The Bertz CT molecular complexity index is 745. The maximum Gasteiger partial charge on any atom is 0.233 e. The van der Waals surface area contributed by atoms with Crippen LogP contribution in [0.15, 0.2) is 29.4 Å². The molecular weight excluding hydrogens is 336 g/mol. The first-order chi connectivity index (χ1) is 12.1. The van der Waals surface area contributed by atoms with Gasteiger partial charge in [-0.05, 0) is 32.9 Å². The Morgan fingerprint density at radius 1 is 1.28 bits per heavy atom. The molecule has 1 saturated heterocycles. The number of fused-ring (bicyclic) bond motifs is 1. The van der Waals surface area contributed by atoms with Gasteiger partial charge in [-0.2, -0.15) is 0 Å². The summed E-state index contributed by atoms with van der Waals surface area (Å²) in [6, 6.07) is 7.91. The van der Waals surface area contributed by atoms with E-state index in [1.807, 2.05) is 49.9 Å². The fraction of sp³-hybridized carbons (Fsp3) is 0.500. The number of carbonyl (C=O) groups excluding carboxylic acids is 1. The molecule has 0 radical (unpaired) electrons. The molecule has 1 amide bonds. The number of morpholine rings is 1. The third kappa shape index (κ3) is 4.41. The minimum Gasteiger partial charge on any atom is -0.372 e. The number of nitrogens with one attached hydrogen (secondary N) is 1. The monoisotopic (exact) mass is 360 g/mol. The molecule has 0 saturated carbocycles. The van der Waals surface area contributed by atoms with Crippen molar-refractivity contribution in [3.63, 3.8) is 0 Å². The van der Waals surface area contributed by atoms with E-state index in [1.54, 1.807) is 0 Å². The van der Waals surface area contributed by atoms with Gasteiger partial charge in [0.25, 0.3) is 0 Å². The molecule has 2 atom stereocenters. The third-order valence-corrected chi connectivity index (χ3v) is 4.86. The van der Waals surface area contributed by atoms with Crippen molar-refractivity contribution in [3.05, 3.63) is 24.3 Å². The first-order valence-corrected chi connectivity index (χ1v) is 9.62. The van der Waals surface area contributed by atoms with Crippen LogP contribution in [0.5, 0.6) is 0 Å². The van der Waals surface area contributed by atoms with Crippen molar-refractivity contribution in [1.29, 1.82) is 0 Å². The van der Waals surface area contributed by atoms with Gasteiger partial charge in [-0.25, -0.2) is 9.97 Å². The van der Waals surface area contributed by atoms with Gasteiger partial charge in [0.15, 0.2) is 5.16 Å². The van der Waals surface area contributed by atoms with Gasteiger partial charge >= 0.3 is 0 Å². The zero-order valence-corrected chi connectivity index (χ0v) is 15.7. The average molecular weight is 360 g/mol. The topological polar surface area (TPSA) is 67.4 Å². The molecule has 1 aliphatic rings. The van der Waals surface area contributed by atoms with E-state index in [0.717, 1.165) is 23.3 Å². The van der Waals surface area contributed by atoms with Crippen molar-refractivity contribution in [2.24, 2.45) is 0 Å². The van der Waals surface area contributed by atoms with Gasteiger partial charge < -0.3 is 15.0 Å². The van der Waals surface area contributed by atoms with Crippen LogP contribution in [-0.2, 0) is 9.53 Å². The molecule has 0 spiro atoms. The predicted molar refractivity (Wildman–Crippen MR) is 101 cm³/mol. The van der Waals surface area contributed by atoms with Crippen molar-refractivity contribution < 1.29 is 9.53 Å². The number of rotatable bonds is 5. The number of amides is 1. The third-order valence-electron chi connectivity index (χ3n) is 4.02. The highest BCUT2D eigenvalue weighted by Crippen LogP contribution is 2.24. The summed E-state index contributed by atoms with van der Waals surface area (Å²) in [7, 11) is 0. The maximum atomic E-state index is 12.5. The van der Waals surface area contributed by atoms with E-state index < -0.39 is 0 Å². The van der Waals surface area contributed by atoms with Crippen molar-refractivity contribution in [2.45, 2.75) is 38.1 Å². The van der Waals surface area contributed by atoms with Crippen LogP contribution in [0.3, 0.4) is 0 Å². The maximum absolute atomic E-state index is 12.5. The highest BCUT2D eigenvalue weighted by Gasteiger charge is 2.25. The number of carbonyl (C=O) groups is 1. The molecule has 1 fully saturated rings. The number of benzene rings is 1. The summed E-state index contributed by atoms with van der Waals surface area (Å²) >= 11 is 1.39. The van der Waals surface area contributed by atoms with Crippen molar-refractivity contribution in [1.82, 2.24) is 14.9 Å². The first kappa shape index (κ1) is 17.9. The van der Waals surface area contributed by atoms with Gasteiger partial charge in [0, 0.05) is 25.0 Å². The smallest absolute Gasteiger partial charge is 0.233 e. The molecule has 1 aromatic carbocycles. The summed E-state index contributed by atoms with van der Waals surface area (Å²) in [4.78, 5) is 23.6. The fourth-order valence-corrected chi connectivity index (χ4v) is 3.78. The Labute approximate surface area is 152 Å². The Kier molecular flexibility index (Phi) is 5.75. The van der Waals surface area contributed by atoms with Crippen LogP contribution in [0.1, 0.15) is 20.8 Å². The van der Waals surface area contributed by atoms with E-state index in [1.165, 1.54) is 11.8 Å². The van der Waals surface area contributed by atoms with Crippen molar-refractivity contribution in [3.8, 4) is 0 Å². The molecule has 3 rings (SSSR count). The molecule has 1 N–H and O–H groups in total. The minimum absolute atomic E-state index is 0.0787. The number of anilines is 1. The lowest BCUT2D eigenvalue weighted by Crippen LogP contribution is -2.48. The van der Waals surface area contributed by atoms with Gasteiger partial charge in [-0.15, -0.1) is 0 Å². The normalized spacial score (nSPS) is 20.7. The molecule has 1 aromatic heterocycles. The van der Waals surface area contributed by atoms with Gasteiger partial charge in [0.1, 0.15) is 5.82 Å². The van der Waals surface area contributed by atoms with Gasteiger partial charge in [-0.3, -0.25) is 4.79 Å². The summed E-state index contributed by atoms with van der Waals surface area (Å²) in [5.74, 6) is 1.26. The molecule has 0 unspecified atom stereocenters. The highest BCUT2D eigenvalue weighted by molar-refractivity contribution is 7.99. The van der Waals surface area contributed by atoms with Crippen LogP contribution in [0.2, 0.25) is 0 Å². The molecule has 7 heteroatoms. The second kappa shape index (κ2) is 8.01. The largest absolute Gasteiger partial charge is 0.372 e. The van der Waals surface area contributed by atoms with Crippen LogP contribution in [0, 0.1) is 0 Å². The SMILES string of the molecule is CCNc1nc(SCC(=O)N2C[C@@H](C)O[C@H](C)C2)nc2ccccc12. The lowest BCUT2D eigenvalue weighted by atomic mass is 10.2. The molecule has 2 aromatic rings. The van der Waals surface area contributed by atoms with E-state index in [4.69, 9.17) is 4.74 Å². The molecule has 6 nitrogen and oxygen atoms in total. The molecule has 25 heavy (non-hydrogen) atoms. The van der Waals surface area contributed by atoms with Crippen LogP contribution >= 0.6 is 11.8 Å². The fourth-order valence-electron chi connectivity index (χ4n) is 3.02. The lowest BCUT2D eigenvalue weighted by molar-refractivity contribution is -0.140. The molecule has 134 valence electrons. The zero-order chi connectivity index (χ0) is 17.8. The number of hydrogen-bond donors (Lipinski definition) is 1. The number of thioether (sulfide) groups is 1. The van der Waals surface area contributed by atoms with Crippen LogP contribution in [-0.4, -0.2) is 58.4 Å². The number of nitrogens with zero attached hydrogens (tertiary/aromatic N) is 3. The molecule has 1 aliphatic heterocycles. The lowest BCUT2D eigenvalue weighted by Gasteiger charge is -2.35. The van der Waals surface area contributed by atoms with Crippen LogP contribution in [0.25, 0.3) is 10.9 Å². The Balaban J connectivity index is 1.71. The Hall–Kier alpha value is -1.86. The summed E-state index contributed by atoms with van der Waals surface area (Å²) in [6.07, 6.45) is 0.157. The van der Waals surface area contributed by atoms with E-state index >= 15 is 0 Å². The Morgan fingerprint density at radius 3 is 2.72 bits per heavy atom. The van der Waals surface area contributed by atoms with E-state index in [2.05, 4.69) is 15.3 Å². The van der Waals surface area contributed by atoms with Crippen molar-refractivity contribution in [2.75, 3.05) is 30.7 Å². The number of para-hydroxylation sites is 1.